The summed E-state index contributed by atoms with van der Waals surface area (Å²) in [6.45, 7) is 2.72. The van der Waals surface area contributed by atoms with Crippen LogP contribution < -0.4 is 10.2 Å². The van der Waals surface area contributed by atoms with Crippen LogP contribution in [0.25, 0.3) is 0 Å². The molecule has 1 amide bonds. The van der Waals surface area contributed by atoms with Crippen molar-refractivity contribution in [2.75, 3.05) is 6.61 Å². The molecule has 0 saturated carbocycles. The standard InChI is InChI=1S/C17H17FN2O2/c1-2-10-22-16-8-6-13(7-9-16)12-19-20-17(21)14-4-3-5-15(18)11-14/h3-9,11-12H,2,10H2,1H3,(H,20,21)/b19-12+. The molecule has 0 fully saturated rings. The zero-order valence-electron chi connectivity index (χ0n) is 12.3. The Labute approximate surface area is 128 Å². The van der Waals surface area contributed by atoms with Crippen molar-refractivity contribution < 1.29 is 13.9 Å². The first-order valence-corrected chi connectivity index (χ1v) is 7.01. The van der Waals surface area contributed by atoms with E-state index >= 15 is 0 Å². The number of rotatable bonds is 6. The Morgan fingerprint density at radius 2 is 2.05 bits per heavy atom. The van der Waals surface area contributed by atoms with Gasteiger partial charge in [0.1, 0.15) is 11.6 Å². The number of nitrogens with zero attached hydrogens (tertiary/aromatic N) is 1. The molecule has 4 nitrogen and oxygen atoms in total. The van der Waals surface area contributed by atoms with Gasteiger partial charge in [0.15, 0.2) is 0 Å². The third-order valence-corrected chi connectivity index (χ3v) is 2.82. The van der Waals surface area contributed by atoms with Crippen LogP contribution in [-0.2, 0) is 0 Å². The highest BCUT2D eigenvalue weighted by molar-refractivity contribution is 5.94. The third kappa shape index (κ3) is 4.70. The Balaban J connectivity index is 1.90. The molecule has 0 saturated heterocycles. The quantitative estimate of drug-likeness (QED) is 0.657. The van der Waals surface area contributed by atoms with Crippen LogP contribution in [0, 0.1) is 5.82 Å². The van der Waals surface area contributed by atoms with E-state index in [4.69, 9.17) is 4.74 Å². The molecule has 2 aromatic carbocycles. The minimum atomic E-state index is -0.460. The zero-order chi connectivity index (χ0) is 15.8. The number of hydrazone groups is 1. The first-order valence-electron chi connectivity index (χ1n) is 7.01. The highest BCUT2D eigenvalue weighted by Crippen LogP contribution is 2.11. The molecule has 5 heteroatoms. The maximum absolute atomic E-state index is 13.0. The van der Waals surface area contributed by atoms with Gasteiger partial charge < -0.3 is 4.74 Å². The molecule has 0 bridgehead atoms. The highest BCUT2D eigenvalue weighted by Gasteiger charge is 2.04. The molecule has 114 valence electrons. The lowest BCUT2D eigenvalue weighted by Gasteiger charge is -2.04. The second-order valence-corrected chi connectivity index (χ2v) is 4.63. The molecule has 2 rings (SSSR count). The number of hydrogen-bond donors (Lipinski definition) is 1. The van der Waals surface area contributed by atoms with Gasteiger partial charge in [-0.25, -0.2) is 9.82 Å². The average Bonchev–Trinajstić information content (AvgIpc) is 2.54. The molecule has 0 aromatic heterocycles. The molecule has 0 aliphatic rings. The minimum absolute atomic E-state index is 0.223. The Bertz CT molecular complexity index is 654. The van der Waals surface area contributed by atoms with E-state index in [0.717, 1.165) is 23.8 Å². The molecule has 0 radical (unpaired) electrons. The molecule has 0 unspecified atom stereocenters. The Kier molecular flexibility index (Phi) is 5.65. The summed E-state index contributed by atoms with van der Waals surface area (Å²) in [6.07, 6.45) is 2.47. The summed E-state index contributed by atoms with van der Waals surface area (Å²) in [5.41, 5.74) is 3.40. The summed E-state index contributed by atoms with van der Waals surface area (Å²) < 4.78 is 18.5. The van der Waals surface area contributed by atoms with E-state index in [9.17, 15) is 9.18 Å². The maximum atomic E-state index is 13.0. The Morgan fingerprint density at radius 1 is 1.27 bits per heavy atom. The van der Waals surface area contributed by atoms with Crippen molar-refractivity contribution in [1.29, 1.82) is 0 Å². The number of ether oxygens (including phenoxy) is 1. The number of halogens is 1. The minimum Gasteiger partial charge on any atom is -0.494 e. The van der Waals surface area contributed by atoms with Crippen LogP contribution in [0.3, 0.4) is 0 Å². The van der Waals surface area contributed by atoms with E-state index in [1.54, 1.807) is 0 Å². The fourth-order valence-electron chi connectivity index (χ4n) is 1.73. The first kappa shape index (κ1) is 15.7. The second kappa shape index (κ2) is 7.93. The Hall–Kier alpha value is -2.69. The van der Waals surface area contributed by atoms with E-state index in [2.05, 4.69) is 10.5 Å². The van der Waals surface area contributed by atoms with E-state index in [1.807, 2.05) is 31.2 Å². The fraction of sp³-hybridized carbons (Fsp3) is 0.176. The molecular formula is C17H17FN2O2. The van der Waals surface area contributed by atoms with Gasteiger partial charge in [0.05, 0.1) is 12.8 Å². The van der Waals surface area contributed by atoms with Crippen molar-refractivity contribution in [3.05, 3.63) is 65.5 Å². The summed E-state index contributed by atoms with van der Waals surface area (Å²) in [5.74, 6) is -0.124. The van der Waals surface area contributed by atoms with E-state index in [1.165, 1.54) is 24.4 Å². The summed E-state index contributed by atoms with van der Waals surface area (Å²) in [4.78, 5) is 11.7. The van der Waals surface area contributed by atoms with Gasteiger partial charge in [0, 0.05) is 5.56 Å². The number of carbonyl (C=O) groups excluding carboxylic acids is 1. The van der Waals surface area contributed by atoms with E-state index in [-0.39, 0.29) is 5.56 Å². The first-order chi connectivity index (χ1) is 10.7. The van der Waals surface area contributed by atoms with E-state index < -0.39 is 11.7 Å². The third-order valence-electron chi connectivity index (χ3n) is 2.82. The zero-order valence-corrected chi connectivity index (χ0v) is 12.3. The second-order valence-electron chi connectivity index (χ2n) is 4.63. The summed E-state index contributed by atoms with van der Waals surface area (Å²) >= 11 is 0. The molecule has 0 aliphatic heterocycles. The topological polar surface area (TPSA) is 50.7 Å². The number of carbonyl (C=O) groups is 1. The maximum Gasteiger partial charge on any atom is 0.271 e. The SMILES string of the molecule is CCCOc1ccc(/C=N/NC(=O)c2cccc(F)c2)cc1. The van der Waals surface area contributed by atoms with Gasteiger partial charge in [-0.1, -0.05) is 13.0 Å². The lowest BCUT2D eigenvalue weighted by Crippen LogP contribution is -2.17. The fourth-order valence-corrected chi connectivity index (χ4v) is 1.73. The van der Waals surface area contributed by atoms with Gasteiger partial charge in [-0.15, -0.1) is 0 Å². The average molecular weight is 300 g/mol. The van der Waals surface area contributed by atoms with Crippen molar-refractivity contribution >= 4 is 12.1 Å². The smallest absolute Gasteiger partial charge is 0.271 e. The summed E-state index contributed by atoms with van der Waals surface area (Å²) in [6, 6.07) is 12.8. The van der Waals surface area contributed by atoms with Crippen LogP contribution in [0.15, 0.2) is 53.6 Å². The lowest BCUT2D eigenvalue weighted by molar-refractivity contribution is 0.0954. The molecule has 1 N–H and O–H groups in total. The normalized spacial score (nSPS) is 10.6. The predicted molar refractivity (Wildman–Crippen MR) is 83.7 cm³/mol. The molecule has 22 heavy (non-hydrogen) atoms. The molecular weight excluding hydrogens is 283 g/mol. The van der Waals surface area contributed by atoms with Crippen molar-refractivity contribution in [1.82, 2.24) is 5.43 Å². The molecule has 0 heterocycles. The largest absolute Gasteiger partial charge is 0.494 e. The van der Waals surface area contributed by atoms with Gasteiger partial charge in [-0.3, -0.25) is 4.79 Å². The summed E-state index contributed by atoms with van der Waals surface area (Å²) in [7, 11) is 0. The Morgan fingerprint density at radius 3 is 2.73 bits per heavy atom. The van der Waals surface area contributed by atoms with Gasteiger partial charge in [0.2, 0.25) is 0 Å². The molecule has 0 aliphatic carbocycles. The van der Waals surface area contributed by atoms with Crippen molar-refractivity contribution in [2.24, 2.45) is 5.10 Å². The predicted octanol–water partition coefficient (Wildman–Crippen LogP) is 3.38. The van der Waals surface area contributed by atoms with Crippen LogP contribution in [-0.4, -0.2) is 18.7 Å². The summed E-state index contributed by atoms with van der Waals surface area (Å²) in [5, 5.41) is 3.85. The lowest BCUT2D eigenvalue weighted by atomic mass is 10.2. The number of benzene rings is 2. The van der Waals surface area contributed by atoms with Crippen LogP contribution in [0.5, 0.6) is 5.75 Å². The molecule has 2 aromatic rings. The van der Waals surface area contributed by atoms with Crippen molar-refractivity contribution in [3.8, 4) is 5.75 Å². The monoisotopic (exact) mass is 300 g/mol. The van der Waals surface area contributed by atoms with E-state index in [0.29, 0.717) is 6.61 Å². The number of nitrogens with one attached hydrogen (secondary N) is 1. The van der Waals surface area contributed by atoms with Crippen LogP contribution in [0.4, 0.5) is 4.39 Å². The number of amides is 1. The van der Waals surface area contributed by atoms with Crippen molar-refractivity contribution in [3.63, 3.8) is 0 Å². The molecule has 0 atom stereocenters. The van der Waals surface area contributed by atoms with Crippen LogP contribution in [0.1, 0.15) is 29.3 Å². The highest BCUT2D eigenvalue weighted by atomic mass is 19.1. The van der Waals surface area contributed by atoms with Crippen LogP contribution >= 0.6 is 0 Å². The van der Waals surface area contributed by atoms with Gasteiger partial charge in [-0.05, 0) is 54.4 Å². The van der Waals surface area contributed by atoms with Gasteiger partial charge in [0.25, 0.3) is 5.91 Å². The molecule has 0 spiro atoms. The number of hydrogen-bond acceptors (Lipinski definition) is 3. The van der Waals surface area contributed by atoms with Gasteiger partial charge >= 0.3 is 0 Å². The van der Waals surface area contributed by atoms with Crippen LogP contribution in [0.2, 0.25) is 0 Å². The van der Waals surface area contributed by atoms with Crippen molar-refractivity contribution in [2.45, 2.75) is 13.3 Å². The van der Waals surface area contributed by atoms with Gasteiger partial charge in [-0.2, -0.15) is 5.10 Å².